The molecule has 1 N–H and O–H groups in total. The highest BCUT2D eigenvalue weighted by atomic mass is 19.2. The Hall–Kier alpha value is -1.86. The largest absolute Gasteiger partial charge is 0.424 e. The Kier molecular flexibility index (Phi) is 4.17. The van der Waals surface area contributed by atoms with Gasteiger partial charge in [0.05, 0.1) is 12.6 Å². The third-order valence-electron chi connectivity index (χ3n) is 3.86. The quantitative estimate of drug-likeness (QED) is 0.938. The Labute approximate surface area is 126 Å². The molecule has 0 saturated carbocycles. The Morgan fingerprint density at radius 2 is 2.05 bits per heavy atom. The summed E-state index contributed by atoms with van der Waals surface area (Å²) >= 11 is 0. The van der Waals surface area contributed by atoms with Crippen LogP contribution in [-0.2, 0) is 13.0 Å². The van der Waals surface area contributed by atoms with Gasteiger partial charge in [0.25, 0.3) is 0 Å². The van der Waals surface area contributed by atoms with Crippen LogP contribution in [0.4, 0.5) is 8.78 Å². The van der Waals surface area contributed by atoms with Crippen LogP contribution in [0.25, 0.3) is 0 Å². The standard InChI is InChI=1S/C15H17F2N3O2/c1-2-14-18-19-15(22-14)8-20-7-10(21)6-13(20)9-3-4-11(16)12(17)5-9/h3-5,10,13,21H,2,6-8H2,1H3/t10-,13+/m1/s1. The van der Waals surface area contributed by atoms with Gasteiger partial charge in [0.2, 0.25) is 11.8 Å². The number of aromatic nitrogens is 2. The predicted octanol–water partition coefficient (Wildman–Crippen LogP) is 2.22. The number of aliphatic hydroxyl groups is 1. The van der Waals surface area contributed by atoms with Crippen molar-refractivity contribution in [3.05, 3.63) is 47.2 Å². The van der Waals surface area contributed by atoms with E-state index in [1.807, 2.05) is 11.8 Å². The Balaban J connectivity index is 1.80. The molecule has 0 bridgehead atoms. The van der Waals surface area contributed by atoms with Crippen molar-refractivity contribution in [2.45, 2.75) is 38.5 Å². The van der Waals surface area contributed by atoms with E-state index in [9.17, 15) is 13.9 Å². The Bertz CT molecular complexity index is 662. The maximum atomic E-state index is 13.4. The first-order valence-electron chi connectivity index (χ1n) is 7.25. The summed E-state index contributed by atoms with van der Waals surface area (Å²) in [6.45, 7) is 2.71. The van der Waals surface area contributed by atoms with Crippen molar-refractivity contribution < 1.29 is 18.3 Å². The SMILES string of the molecule is CCc1nnc(CN2C[C@H](O)C[C@H]2c2ccc(F)c(F)c2)o1. The lowest BCUT2D eigenvalue weighted by atomic mass is 10.0. The molecule has 5 nitrogen and oxygen atoms in total. The molecular formula is C15H17F2N3O2. The third kappa shape index (κ3) is 3.00. The zero-order chi connectivity index (χ0) is 15.7. The van der Waals surface area contributed by atoms with Gasteiger partial charge in [0.15, 0.2) is 11.6 Å². The first-order chi connectivity index (χ1) is 10.6. The van der Waals surface area contributed by atoms with Gasteiger partial charge < -0.3 is 9.52 Å². The van der Waals surface area contributed by atoms with Gasteiger partial charge in [0, 0.05) is 19.0 Å². The Morgan fingerprint density at radius 3 is 2.73 bits per heavy atom. The summed E-state index contributed by atoms with van der Waals surface area (Å²) in [6.07, 6.45) is 0.592. The molecule has 1 saturated heterocycles. The van der Waals surface area contributed by atoms with Crippen molar-refractivity contribution in [2.24, 2.45) is 0 Å². The molecule has 2 heterocycles. The minimum absolute atomic E-state index is 0.206. The minimum atomic E-state index is -0.884. The summed E-state index contributed by atoms with van der Waals surface area (Å²) in [4.78, 5) is 1.93. The van der Waals surface area contributed by atoms with E-state index in [1.165, 1.54) is 6.07 Å². The second kappa shape index (κ2) is 6.10. The van der Waals surface area contributed by atoms with Crippen LogP contribution < -0.4 is 0 Å². The van der Waals surface area contributed by atoms with E-state index in [0.29, 0.717) is 43.3 Å². The van der Waals surface area contributed by atoms with Crippen molar-refractivity contribution in [3.63, 3.8) is 0 Å². The first-order valence-corrected chi connectivity index (χ1v) is 7.25. The lowest BCUT2D eigenvalue weighted by Crippen LogP contribution is -2.24. The summed E-state index contributed by atoms with van der Waals surface area (Å²) in [5.74, 6) is -0.749. The smallest absolute Gasteiger partial charge is 0.230 e. The second-order valence-corrected chi connectivity index (χ2v) is 5.45. The monoisotopic (exact) mass is 309 g/mol. The zero-order valence-electron chi connectivity index (χ0n) is 12.2. The number of nitrogens with zero attached hydrogens (tertiary/aromatic N) is 3. The molecule has 118 valence electrons. The molecular weight excluding hydrogens is 292 g/mol. The van der Waals surface area contributed by atoms with Crippen LogP contribution in [0.5, 0.6) is 0 Å². The molecule has 1 fully saturated rings. The van der Waals surface area contributed by atoms with E-state index in [-0.39, 0.29) is 6.04 Å². The number of β-amino-alcohol motifs (C(OH)–C–C–N with tert-alkyl or cyclic N) is 1. The normalized spacial score (nSPS) is 22.4. The number of rotatable bonds is 4. The molecule has 1 aromatic heterocycles. The molecule has 3 rings (SSSR count). The van der Waals surface area contributed by atoms with Gasteiger partial charge in [0.1, 0.15) is 0 Å². The summed E-state index contributed by atoms with van der Waals surface area (Å²) in [5, 5.41) is 17.8. The first kappa shape index (κ1) is 15.1. The molecule has 1 aliphatic rings. The molecule has 22 heavy (non-hydrogen) atoms. The highest BCUT2D eigenvalue weighted by Crippen LogP contribution is 2.33. The minimum Gasteiger partial charge on any atom is -0.424 e. The van der Waals surface area contributed by atoms with Crippen LogP contribution in [0.1, 0.15) is 36.7 Å². The molecule has 0 radical (unpaired) electrons. The van der Waals surface area contributed by atoms with Gasteiger partial charge in [-0.05, 0) is 24.1 Å². The summed E-state index contributed by atoms with van der Waals surface area (Å²) in [6, 6.07) is 3.62. The Morgan fingerprint density at radius 1 is 1.27 bits per heavy atom. The average Bonchev–Trinajstić information content (AvgIpc) is 3.09. The molecule has 2 aromatic rings. The van der Waals surface area contributed by atoms with Crippen LogP contribution in [0.15, 0.2) is 22.6 Å². The van der Waals surface area contributed by atoms with Crippen LogP contribution in [0.3, 0.4) is 0 Å². The molecule has 1 aromatic carbocycles. The number of likely N-dealkylation sites (tertiary alicyclic amines) is 1. The highest BCUT2D eigenvalue weighted by molar-refractivity contribution is 5.23. The topological polar surface area (TPSA) is 62.4 Å². The maximum Gasteiger partial charge on any atom is 0.230 e. The summed E-state index contributed by atoms with van der Waals surface area (Å²) in [7, 11) is 0. The highest BCUT2D eigenvalue weighted by Gasteiger charge is 2.33. The van der Waals surface area contributed by atoms with Gasteiger partial charge in [-0.1, -0.05) is 13.0 Å². The van der Waals surface area contributed by atoms with Crippen molar-refractivity contribution in [3.8, 4) is 0 Å². The van der Waals surface area contributed by atoms with Gasteiger partial charge in [-0.3, -0.25) is 4.90 Å². The van der Waals surface area contributed by atoms with Gasteiger partial charge in [-0.15, -0.1) is 10.2 Å². The average molecular weight is 309 g/mol. The zero-order valence-corrected chi connectivity index (χ0v) is 12.2. The lowest BCUT2D eigenvalue weighted by molar-refractivity contribution is 0.166. The molecule has 2 atom stereocenters. The fourth-order valence-corrected chi connectivity index (χ4v) is 2.79. The fourth-order valence-electron chi connectivity index (χ4n) is 2.79. The van der Waals surface area contributed by atoms with E-state index in [0.717, 1.165) is 6.07 Å². The molecule has 0 aliphatic carbocycles. The van der Waals surface area contributed by atoms with E-state index in [4.69, 9.17) is 4.42 Å². The van der Waals surface area contributed by atoms with Crippen LogP contribution >= 0.6 is 0 Å². The molecule has 0 amide bonds. The second-order valence-electron chi connectivity index (χ2n) is 5.45. The van der Waals surface area contributed by atoms with Gasteiger partial charge in [-0.2, -0.15) is 0 Å². The van der Waals surface area contributed by atoms with Crippen LogP contribution in [0.2, 0.25) is 0 Å². The molecule has 0 spiro atoms. The van der Waals surface area contributed by atoms with Crippen molar-refractivity contribution >= 4 is 0 Å². The molecule has 0 unspecified atom stereocenters. The maximum absolute atomic E-state index is 13.4. The van der Waals surface area contributed by atoms with Gasteiger partial charge >= 0.3 is 0 Å². The van der Waals surface area contributed by atoms with Crippen molar-refractivity contribution in [1.82, 2.24) is 15.1 Å². The van der Waals surface area contributed by atoms with Crippen molar-refractivity contribution in [1.29, 1.82) is 0 Å². The van der Waals surface area contributed by atoms with Gasteiger partial charge in [-0.25, -0.2) is 8.78 Å². The van der Waals surface area contributed by atoms with E-state index in [1.54, 1.807) is 6.07 Å². The van der Waals surface area contributed by atoms with Crippen LogP contribution in [-0.4, -0.2) is 32.9 Å². The van der Waals surface area contributed by atoms with E-state index >= 15 is 0 Å². The predicted molar refractivity (Wildman–Crippen MR) is 73.8 cm³/mol. The molecule has 1 aliphatic heterocycles. The number of aryl methyl sites for hydroxylation is 1. The summed E-state index contributed by atoms with van der Waals surface area (Å²) < 4.78 is 32.0. The third-order valence-corrected chi connectivity index (χ3v) is 3.86. The molecule has 7 heteroatoms. The number of hydrogen-bond donors (Lipinski definition) is 1. The number of aliphatic hydroxyl groups excluding tert-OH is 1. The van der Waals surface area contributed by atoms with Crippen molar-refractivity contribution in [2.75, 3.05) is 6.54 Å². The van der Waals surface area contributed by atoms with E-state index in [2.05, 4.69) is 10.2 Å². The fraction of sp³-hybridized carbons (Fsp3) is 0.467. The summed E-state index contributed by atoms with van der Waals surface area (Å²) in [5.41, 5.74) is 0.630. The lowest BCUT2D eigenvalue weighted by Gasteiger charge is -2.22. The number of benzene rings is 1. The van der Waals surface area contributed by atoms with E-state index < -0.39 is 17.7 Å². The number of halogens is 2. The van der Waals surface area contributed by atoms with Crippen LogP contribution in [0, 0.1) is 11.6 Å². The number of hydrogen-bond acceptors (Lipinski definition) is 5.